The van der Waals surface area contributed by atoms with Crippen molar-refractivity contribution in [2.24, 2.45) is 7.05 Å². The standard InChI is InChI=1S/C9H12N6O/c1-5-3-11-14-8(5)13-9(16)7-6(10)4-12-15(7)2/h3-4H,10H2,1-2H3,(H2,11,13,14,16). The molecule has 0 bridgehead atoms. The van der Waals surface area contributed by atoms with Crippen molar-refractivity contribution in [3.05, 3.63) is 23.7 Å². The first-order valence-electron chi connectivity index (χ1n) is 4.68. The second-order valence-corrected chi connectivity index (χ2v) is 3.45. The number of carbonyl (C=O) groups excluding carboxylic acids is 1. The molecule has 4 N–H and O–H groups in total. The Morgan fingerprint density at radius 1 is 1.56 bits per heavy atom. The van der Waals surface area contributed by atoms with Gasteiger partial charge >= 0.3 is 0 Å². The maximum absolute atomic E-state index is 11.9. The molecule has 0 saturated carbocycles. The molecule has 2 aromatic heterocycles. The van der Waals surface area contributed by atoms with Crippen LogP contribution in [0.15, 0.2) is 12.4 Å². The van der Waals surface area contributed by atoms with Crippen LogP contribution in [0.2, 0.25) is 0 Å². The molecule has 0 spiro atoms. The van der Waals surface area contributed by atoms with Gasteiger partial charge in [-0.25, -0.2) is 0 Å². The zero-order chi connectivity index (χ0) is 11.7. The minimum Gasteiger partial charge on any atom is -0.396 e. The highest BCUT2D eigenvalue weighted by molar-refractivity contribution is 6.06. The zero-order valence-electron chi connectivity index (χ0n) is 8.98. The number of hydrogen-bond donors (Lipinski definition) is 3. The fourth-order valence-electron chi connectivity index (χ4n) is 1.38. The van der Waals surface area contributed by atoms with Crippen molar-refractivity contribution < 1.29 is 4.79 Å². The fourth-order valence-corrected chi connectivity index (χ4v) is 1.38. The number of aryl methyl sites for hydroxylation is 2. The molecule has 0 fully saturated rings. The largest absolute Gasteiger partial charge is 0.396 e. The molecule has 0 atom stereocenters. The summed E-state index contributed by atoms with van der Waals surface area (Å²) in [6.07, 6.45) is 3.07. The average Bonchev–Trinajstić information content (AvgIpc) is 2.75. The van der Waals surface area contributed by atoms with Gasteiger partial charge in [-0.1, -0.05) is 0 Å². The first kappa shape index (κ1) is 10.2. The van der Waals surface area contributed by atoms with E-state index in [9.17, 15) is 4.79 Å². The summed E-state index contributed by atoms with van der Waals surface area (Å²) in [5.74, 6) is 0.246. The molecular formula is C9H12N6O. The summed E-state index contributed by atoms with van der Waals surface area (Å²) in [6.45, 7) is 1.84. The number of H-pyrrole nitrogens is 1. The van der Waals surface area contributed by atoms with E-state index in [-0.39, 0.29) is 5.91 Å². The van der Waals surface area contributed by atoms with Crippen molar-refractivity contribution in [2.45, 2.75) is 6.92 Å². The third-order valence-electron chi connectivity index (χ3n) is 2.25. The number of rotatable bonds is 2. The summed E-state index contributed by atoms with van der Waals surface area (Å²) in [4.78, 5) is 11.9. The third-order valence-corrected chi connectivity index (χ3v) is 2.25. The maximum atomic E-state index is 11.9. The molecule has 0 unspecified atom stereocenters. The predicted octanol–water partition coefficient (Wildman–Crippen LogP) is 0.286. The molecule has 84 valence electrons. The molecule has 16 heavy (non-hydrogen) atoms. The normalized spacial score (nSPS) is 10.4. The van der Waals surface area contributed by atoms with Crippen molar-refractivity contribution in [3.63, 3.8) is 0 Å². The van der Waals surface area contributed by atoms with Crippen LogP contribution in [-0.2, 0) is 7.05 Å². The summed E-state index contributed by atoms with van der Waals surface area (Å²) in [5.41, 5.74) is 7.17. The van der Waals surface area contributed by atoms with Gasteiger partial charge in [-0.3, -0.25) is 14.6 Å². The van der Waals surface area contributed by atoms with Crippen LogP contribution in [0, 0.1) is 6.92 Å². The number of nitrogens with zero attached hydrogens (tertiary/aromatic N) is 3. The van der Waals surface area contributed by atoms with Crippen molar-refractivity contribution in [3.8, 4) is 0 Å². The molecule has 0 aromatic carbocycles. The number of aromatic amines is 1. The van der Waals surface area contributed by atoms with Gasteiger partial charge in [-0.15, -0.1) is 0 Å². The second kappa shape index (κ2) is 3.69. The van der Waals surface area contributed by atoms with Crippen molar-refractivity contribution in [1.82, 2.24) is 20.0 Å². The first-order valence-corrected chi connectivity index (χ1v) is 4.68. The monoisotopic (exact) mass is 220 g/mol. The number of nitrogens with one attached hydrogen (secondary N) is 2. The number of amides is 1. The molecule has 0 saturated heterocycles. The van der Waals surface area contributed by atoms with Gasteiger partial charge in [-0.05, 0) is 6.92 Å². The van der Waals surface area contributed by atoms with Crippen LogP contribution >= 0.6 is 0 Å². The SMILES string of the molecule is Cc1cn[nH]c1NC(=O)c1c(N)cnn1C. The highest BCUT2D eigenvalue weighted by Crippen LogP contribution is 2.14. The van der Waals surface area contributed by atoms with E-state index in [4.69, 9.17) is 5.73 Å². The van der Waals surface area contributed by atoms with Crippen LogP contribution in [0.25, 0.3) is 0 Å². The van der Waals surface area contributed by atoms with Crippen LogP contribution in [0.4, 0.5) is 11.5 Å². The molecule has 2 heterocycles. The van der Waals surface area contributed by atoms with Crippen LogP contribution in [-0.4, -0.2) is 25.9 Å². The Bertz CT molecular complexity index is 506. The van der Waals surface area contributed by atoms with Gasteiger partial charge in [-0.2, -0.15) is 10.2 Å². The van der Waals surface area contributed by atoms with Gasteiger partial charge in [0.05, 0.1) is 18.1 Å². The molecule has 2 rings (SSSR count). The number of anilines is 2. The lowest BCUT2D eigenvalue weighted by Crippen LogP contribution is -2.18. The molecule has 0 aliphatic heterocycles. The molecular weight excluding hydrogens is 208 g/mol. The Hall–Kier alpha value is -2.31. The Labute approximate surface area is 91.6 Å². The lowest BCUT2D eigenvalue weighted by Gasteiger charge is -2.04. The summed E-state index contributed by atoms with van der Waals surface area (Å²) in [7, 11) is 1.66. The average molecular weight is 220 g/mol. The van der Waals surface area contributed by atoms with Crippen LogP contribution in [0.5, 0.6) is 0 Å². The Kier molecular flexibility index (Phi) is 2.35. The van der Waals surface area contributed by atoms with Crippen LogP contribution in [0.1, 0.15) is 16.1 Å². The molecule has 1 amide bonds. The first-order chi connectivity index (χ1) is 7.59. The molecule has 2 aromatic rings. The maximum Gasteiger partial charge on any atom is 0.277 e. The van der Waals surface area contributed by atoms with E-state index in [0.717, 1.165) is 5.56 Å². The van der Waals surface area contributed by atoms with E-state index < -0.39 is 0 Å². The smallest absolute Gasteiger partial charge is 0.277 e. The molecule has 0 aliphatic rings. The van der Waals surface area contributed by atoms with Gasteiger partial charge in [0.15, 0.2) is 0 Å². The van der Waals surface area contributed by atoms with E-state index in [2.05, 4.69) is 20.6 Å². The van der Waals surface area contributed by atoms with Crippen molar-refractivity contribution in [1.29, 1.82) is 0 Å². The van der Waals surface area contributed by atoms with Crippen molar-refractivity contribution in [2.75, 3.05) is 11.1 Å². The summed E-state index contributed by atoms with van der Waals surface area (Å²) < 4.78 is 1.43. The topological polar surface area (TPSA) is 102 Å². The second-order valence-electron chi connectivity index (χ2n) is 3.45. The summed E-state index contributed by atoms with van der Waals surface area (Å²) in [6, 6.07) is 0. The highest BCUT2D eigenvalue weighted by Gasteiger charge is 2.16. The van der Waals surface area contributed by atoms with Gasteiger partial charge < -0.3 is 11.1 Å². The molecule has 0 radical (unpaired) electrons. The minimum absolute atomic E-state index is 0.315. The highest BCUT2D eigenvalue weighted by atomic mass is 16.2. The Morgan fingerprint density at radius 3 is 2.81 bits per heavy atom. The van der Waals surface area contributed by atoms with Gasteiger partial charge in [0, 0.05) is 12.6 Å². The molecule has 7 heteroatoms. The van der Waals surface area contributed by atoms with E-state index in [1.165, 1.54) is 10.9 Å². The summed E-state index contributed by atoms with van der Waals surface area (Å²) in [5, 5.41) is 13.1. The lowest BCUT2D eigenvalue weighted by atomic mass is 10.3. The van der Waals surface area contributed by atoms with E-state index >= 15 is 0 Å². The lowest BCUT2D eigenvalue weighted by molar-refractivity contribution is 0.101. The van der Waals surface area contributed by atoms with E-state index in [1.807, 2.05) is 6.92 Å². The van der Waals surface area contributed by atoms with E-state index in [0.29, 0.717) is 17.2 Å². The fraction of sp³-hybridized carbons (Fsp3) is 0.222. The number of nitrogen functional groups attached to an aromatic ring is 1. The Morgan fingerprint density at radius 2 is 2.31 bits per heavy atom. The van der Waals surface area contributed by atoms with Crippen LogP contribution in [0.3, 0.4) is 0 Å². The number of nitrogens with two attached hydrogens (primary N) is 1. The van der Waals surface area contributed by atoms with Gasteiger partial charge in [0.2, 0.25) is 0 Å². The number of aromatic nitrogens is 4. The van der Waals surface area contributed by atoms with Crippen molar-refractivity contribution >= 4 is 17.4 Å². The van der Waals surface area contributed by atoms with Gasteiger partial charge in [0.1, 0.15) is 11.5 Å². The predicted molar refractivity (Wildman–Crippen MR) is 58.9 cm³/mol. The number of hydrogen-bond acceptors (Lipinski definition) is 4. The minimum atomic E-state index is -0.315. The Balaban J connectivity index is 2.25. The molecule has 7 nitrogen and oxygen atoms in total. The third kappa shape index (κ3) is 1.62. The van der Waals surface area contributed by atoms with Crippen LogP contribution < -0.4 is 11.1 Å². The number of carbonyl (C=O) groups is 1. The molecule has 0 aliphatic carbocycles. The quantitative estimate of drug-likeness (QED) is 0.676. The van der Waals surface area contributed by atoms with Gasteiger partial charge in [0.25, 0.3) is 5.91 Å². The zero-order valence-corrected chi connectivity index (χ0v) is 8.98. The van der Waals surface area contributed by atoms with E-state index in [1.54, 1.807) is 13.2 Å². The summed E-state index contributed by atoms with van der Waals surface area (Å²) >= 11 is 0.